The topological polar surface area (TPSA) is 89.9 Å². The van der Waals surface area contributed by atoms with E-state index in [-0.39, 0.29) is 41.5 Å². The molecule has 0 spiro atoms. The third-order valence-corrected chi connectivity index (χ3v) is 8.29. The van der Waals surface area contributed by atoms with E-state index in [1.54, 1.807) is 6.08 Å². The second-order valence-corrected chi connectivity index (χ2v) is 9.57. The van der Waals surface area contributed by atoms with Crippen molar-refractivity contribution in [1.29, 1.82) is 0 Å². The molecule has 3 rings (SSSR count). The van der Waals surface area contributed by atoms with Gasteiger partial charge in [0.25, 0.3) is 0 Å². The van der Waals surface area contributed by atoms with Crippen LogP contribution in [-0.4, -0.2) is 47.5 Å². The molecule has 2 aliphatic carbocycles. The van der Waals surface area contributed by atoms with Crippen LogP contribution < -0.4 is 0 Å². The number of hydrogen-bond donors (Lipinski definition) is 1. The summed E-state index contributed by atoms with van der Waals surface area (Å²) in [6.07, 6.45) is 5.25. The van der Waals surface area contributed by atoms with Gasteiger partial charge in [-0.3, -0.25) is 9.59 Å². The van der Waals surface area contributed by atoms with Gasteiger partial charge in [-0.05, 0) is 48.5 Å². The van der Waals surface area contributed by atoms with E-state index in [1.165, 1.54) is 6.92 Å². The summed E-state index contributed by atoms with van der Waals surface area (Å²) in [4.78, 5) is 36.5. The van der Waals surface area contributed by atoms with Gasteiger partial charge in [-0.25, -0.2) is 4.79 Å². The molecule has 0 bridgehead atoms. The van der Waals surface area contributed by atoms with Gasteiger partial charge in [-0.1, -0.05) is 20.3 Å². The fourth-order valence-corrected chi connectivity index (χ4v) is 6.27. The molecule has 0 radical (unpaired) electrons. The summed E-state index contributed by atoms with van der Waals surface area (Å²) in [6, 6.07) is 0. The molecule has 0 aromatic heterocycles. The maximum Gasteiger partial charge on any atom is 0.331 e. The average molecular weight is 427 g/mol. The zero-order valence-electron chi connectivity index (χ0n) is 17.5. The van der Waals surface area contributed by atoms with E-state index in [9.17, 15) is 19.5 Å². The molecule has 0 unspecified atom stereocenters. The van der Waals surface area contributed by atoms with Crippen LogP contribution in [0.2, 0.25) is 0 Å². The van der Waals surface area contributed by atoms with Gasteiger partial charge < -0.3 is 14.6 Å². The van der Waals surface area contributed by atoms with Crippen molar-refractivity contribution in [2.24, 2.45) is 22.7 Å². The lowest BCUT2D eigenvalue weighted by atomic mass is 9.42. The molecule has 1 heterocycles. The van der Waals surface area contributed by atoms with Crippen LogP contribution in [0.25, 0.3) is 0 Å². The Balaban J connectivity index is 1.99. The standard InChI is InChI=1S/C22H31ClO6/c1-14-9-18(25)22(13-29-15(2)24)17(5-4-7-21(22,27)12-23)20(14,3)8-6-16-10-19(26)28-11-16/h10,14,17,27H,4-9,11-13H2,1-3H3/t14-,17-,20+,21+,22+/m0/s1. The molecule has 2 saturated carbocycles. The second kappa shape index (κ2) is 8.03. The van der Waals surface area contributed by atoms with E-state index < -0.39 is 17.0 Å². The number of rotatable bonds is 6. The van der Waals surface area contributed by atoms with Gasteiger partial charge in [-0.2, -0.15) is 0 Å². The lowest BCUT2D eigenvalue weighted by Gasteiger charge is -2.62. The molecule has 3 aliphatic rings. The van der Waals surface area contributed by atoms with Crippen molar-refractivity contribution in [3.8, 4) is 0 Å². The Labute approximate surface area is 177 Å². The Morgan fingerprint density at radius 3 is 2.72 bits per heavy atom. The van der Waals surface area contributed by atoms with Crippen molar-refractivity contribution in [3.63, 3.8) is 0 Å². The number of hydrogen-bond acceptors (Lipinski definition) is 6. The normalized spacial score (nSPS) is 39.6. The number of ketones is 1. The van der Waals surface area contributed by atoms with Gasteiger partial charge >= 0.3 is 11.9 Å². The van der Waals surface area contributed by atoms with Gasteiger partial charge in [0.2, 0.25) is 0 Å². The third kappa shape index (κ3) is 3.63. The molecule has 0 saturated heterocycles. The summed E-state index contributed by atoms with van der Waals surface area (Å²) >= 11 is 6.23. The predicted molar refractivity (Wildman–Crippen MR) is 107 cm³/mol. The summed E-state index contributed by atoms with van der Waals surface area (Å²) < 4.78 is 10.4. The Kier molecular flexibility index (Phi) is 6.17. The molecule has 0 aromatic carbocycles. The number of fused-ring (bicyclic) bond motifs is 1. The van der Waals surface area contributed by atoms with E-state index in [0.29, 0.717) is 25.9 Å². The smallest absolute Gasteiger partial charge is 0.331 e. The molecule has 7 heteroatoms. The van der Waals surface area contributed by atoms with Crippen LogP contribution in [0.15, 0.2) is 11.6 Å². The maximum absolute atomic E-state index is 13.5. The molecule has 0 amide bonds. The number of ether oxygens (including phenoxy) is 2. The fourth-order valence-electron chi connectivity index (χ4n) is 5.90. The van der Waals surface area contributed by atoms with Crippen LogP contribution in [0.4, 0.5) is 0 Å². The molecule has 1 aliphatic heterocycles. The monoisotopic (exact) mass is 426 g/mol. The first-order valence-electron chi connectivity index (χ1n) is 10.4. The Morgan fingerprint density at radius 1 is 1.41 bits per heavy atom. The summed E-state index contributed by atoms with van der Waals surface area (Å²) in [5, 5.41) is 11.5. The minimum absolute atomic E-state index is 0.0600. The SMILES string of the molecule is CC(=O)OC[C@]12C(=O)C[C@H](C)[C@@](C)(CCC3=CC(=O)OC3)[C@@H]1CCC[C@@]2(O)CCl. The number of halogens is 1. The first kappa shape index (κ1) is 22.3. The minimum Gasteiger partial charge on any atom is -0.465 e. The second-order valence-electron chi connectivity index (χ2n) is 9.31. The maximum atomic E-state index is 13.5. The van der Waals surface area contributed by atoms with E-state index in [0.717, 1.165) is 24.8 Å². The predicted octanol–water partition coefficient (Wildman–Crippen LogP) is 3.18. The molecular weight excluding hydrogens is 396 g/mol. The van der Waals surface area contributed by atoms with E-state index in [2.05, 4.69) is 13.8 Å². The molecule has 0 aromatic rings. The van der Waals surface area contributed by atoms with Crippen molar-refractivity contribution in [2.45, 2.75) is 64.9 Å². The quantitative estimate of drug-likeness (QED) is 0.518. The van der Waals surface area contributed by atoms with Crippen LogP contribution in [0.3, 0.4) is 0 Å². The van der Waals surface area contributed by atoms with Gasteiger partial charge in [0.15, 0.2) is 0 Å². The van der Waals surface area contributed by atoms with Gasteiger partial charge in [0, 0.05) is 19.4 Å². The molecular formula is C22H31ClO6. The molecule has 29 heavy (non-hydrogen) atoms. The van der Waals surface area contributed by atoms with E-state index in [4.69, 9.17) is 21.1 Å². The lowest BCUT2D eigenvalue weighted by molar-refractivity contribution is -0.214. The van der Waals surface area contributed by atoms with Crippen LogP contribution >= 0.6 is 11.6 Å². The highest BCUT2D eigenvalue weighted by atomic mass is 35.5. The highest BCUT2D eigenvalue weighted by molar-refractivity contribution is 6.19. The largest absolute Gasteiger partial charge is 0.465 e. The van der Waals surface area contributed by atoms with Crippen LogP contribution in [0.5, 0.6) is 0 Å². The first-order chi connectivity index (χ1) is 13.6. The Hall–Kier alpha value is -1.40. The average Bonchev–Trinajstić information content (AvgIpc) is 3.09. The number of aliphatic hydroxyl groups is 1. The highest BCUT2D eigenvalue weighted by Crippen LogP contribution is 2.63. The highest BCUT2D eigenvalue weighted by Gasteiger charge is 2.68. The Bertz CT molecular complexity index is 733. The molecule has 2 fully saturated rings. The number of Topliss-reactive ketones (excluding diaryl/α,β-unsaturated/α-hetero) is 1. The zero-order chi connectivity index (χ0) is 21.4. The summed E-state index contributed by atoms with van der Waals surface area (Å²) in [5.74, 6) is -0.983. The van der Waals surface area contributed by atoms with E-state index >= 15 is 0 Å². The van der Waals surface area contributed by atoms with Crippen molar-refractivity contribution in [2.75, 3.05) is 19.1 Å². The summed E-state index contributed by atoms with van der Waals surface area (Å²) in [7, 11) is 0. The summed E-state index contributed by atoms with van der Waals surface area (Å²) in [6.45, 7) is 5.73. The van der Waals surface area contributed by atoms with Crippen molar-refractivity contribution in [1.82, 2.24) is 0 Å². The van der Waals surface area contributed by atoms with Gasteiger partial charge in [0.1, 0.15) is 19.0 Å². The number of carbonyl (C=O) groups is 3. The van der Waals surface area contributed by atoms with E-state index in [1.807, 2.05) is 0 Å². The van der Waals surface area contributed by atoms with Crippen molar-refractivity contribution < 1.29 is 29.0 Å². The van der Waals surface area contributed by atoms with Crippen LogP contribution in [0, 0.1) is 22.7 Å². The zero-order valence-corrected chi connectivity index (χ0v) is 18.2. The number of carbonyl (C=O) groups excluding carboxylic acids is 3. The van der Waals surface area contributed by atoms with Crippen molar-refractivity contribution in [3.05, 3.63) is 11.6 Å². The molecule has 1 N–H and O–H groups in total. The molecule has 162 valence electrons. The van der Waals surface area contributed by atoms with Crippen LogP contribution in [0.1, 0.15) is 59.3 Å². The lowest BCUT2D eigenvalue weighted by Crippen LogP contribution is -2.69. The number of esters is 2. The van der Waals surface area contributed by atoms with Crippen molar-refractivity contribution >= 4 is 29.3 Å². The molecule has 5 atom stereocenters. The summed E-state index contributed by atoms with van der Waals surface area (Å²) in [5.41, 5.74) is -1.93. The first-order valence-corrected chi connectivity index (χ1v) is 10.9. The fraction of sp³-hybridized carbons (Fsp3) is 0.773. The van der Waals surface area contributed by atoms with Gasteiger partial charge in [-0.15, -0.1) is 11.6 Å². The van der Waals surface area contributed by atoms with Crippen LogP contribution in [-0.2, 0) is 23.9 Å². The number of cyclic esters (lactones) is 1. The third-order valence-electron chi connectivity index (χ3n) is 7.85. The number of alkyl halides is 1. The minimum atomic E-state index is -1.41. The molecule has 6 nitrogen and oxygen atoms in total. The van der Waals surface area contributed by atoms with Gasteiger partial charge in [0.05, 0.1) is 16.9 Å². The Morgan fingerprint density at radius 2 is 2.14 bits per heavy atom.